The minimum absolute atomic E-state index is 0.292. The summed E-state index contributed by atoms with van der Waals surface area (Å²) in [5.74, 6) is 0.679. The smallest absolute Gasteiger partial charge is 0.504 e. The van der Waals surface area contributed by atoms with E-state index in [1.54, 1.807) is 0 Å². The maximum Gasteiger partial charge on any atom is 0.504 e. The Balaban J connectivity index is 2.52. The van der Waals surface area contributed by atoms with E-state index in [1.165, 1.54) is 0 Å². The molecule has 0 atom stereocenters. The summed E-state index contributed by atoms with van der Waals surface area (Å²) in [4.78, 5) is 0. The van der Waals surface area contributed by atoms with Crippen LogP contribution in [-0.2, 0) is 0 Å². The summed E-state index contributed by atoms with van der Waals surface area (Å²) in [7, 11) is -0.292. The van der Waals surface area contributed by atoms with Crippen molar-refractivity contribution < 1.29 is 9.68 Å². The molecule has 14 heavy (non-hydrogen) atoms. The molecule has 1 N–H and O–H groups in total. The highest BCUT2D eigenvalue weighted by molar-refractivity contribution is 9.10. The van der Waals surface area contributed by atoms with Gasteiger partial charge in [0.1, 0.15) is 5.75 Å². The molecule has 0 unspecified atom stereocenters. The van der Waals surface area contributed by atoms with Gasteiger partial charge in [-0.2, -0.15) is 0 Å². The van der Waals surface area contributed by atoms with Crippen molar-refractivity contribution in [3.63, 3.8) is 0 Å². The second-order valence-corrected chi connectivity index (χ2v) is 3.84. The quantitative estimate of drug-likeness (QED) is 0.829. The van der Waals surface area contributed by atoms with Crippen LogP contribution >= 0.6 is 15.9 Å². The van der Waals surface area contributed by atoms with Crippen molar-refractivity contribution >= 4 is 34.4 Å². The van der Waals surface area contributed by atoms with Crippen LogP contribution in [0.25, 0.3) is 10.8 Å². The van der Waals surface area contributed by atoms with E-state index in [0.29, 0.717) is 5.75 Å². The largest absolute Gasteiger partial charge is 0.539 e. The van der Waals surface area contributed by atoms with E-state index in [0.717, 1.165) is 15.2 Å². The Hall–Kier alpha value is -0.995. The van der Waals surface area contributed by atoms with E-state index < -0.39 is 0 Å². The Morgan fingerprint density at radius 1 is 1.07 bits per heavy atom. The van der Waals surface area contributed by atoms with E-state index in [4.69, 9.17) is 9.68 Å². The molecule has 2 aromatic rings. The third kappa shape index (κ3) is 1.91. The van der Waals surface area contributed by atoms with Gasteiger partial charge in [0.2, 0.25) is 0 Å². The fourth-order valence-electron chi connectivity index (χ4n) is 1.36. The van der Waals surface area contributed by atoms with E-state index >= 15 is 0 Å². The minimum Gasteiger partial charge on any atom is -0.539 e. The molecule has 0 bridgehead atoms. The van der Waals surface area contributed by atoms with Gasteiger partial charge in [0.05, 0.1) is 0 Å². The lowest BCUT2D eigenvalue weighted by Gasteiger charge is -2.04. The standard InChI is InChI=1S/C10H8BBrO2/c12-9-3-1-7-2-4-10(14-11-13)6-8(7)5-9/h1-6,11,13H. The summed E-state index contributed by atoms with van der Waals surface area (Å²) in [5, 5.41) is 10.9. The number of benzene rings is 2. The van der Waals surface area contributed by atoms with E-state index in [9.17, 15) is 0 Å². The predicted molar refractivity (Wildman–Crippen MR) is 61.6 cm³/mol. The van der Waals surface area contributed by atoms with Crippen LogP contribution in [0.5, 0.6) is 5.75 Å². The fourth-order valence-corrected chi connectivity index (χ4v) is 1.74. The number of hydrogen-bond acceptors (Lipinski definition) is 2. The lowest BCUT2D eigenvalue weighted by atomic mass is 10.1. The molecule has 70 valence electrons. The van der Waals surface area contributed by atoms with Gasteiger partial charge >= 0.3 is 7.69 Å². The number of fused-ring (bicyclic) bond motifs is 1. The maximum absolute atomic E-state index is 8.61. The van der Waals surface area contributed by atoms with Gasteiger partial charge in [-0.15, -0.1) is 0 Å². The van der Waals surface area contributed by atoms with Gasteiger partial charge in [-0.1, -0.05) is 28.1 Å². The highest BCUT2D eigenvalue weighted by Gasteiger charge is 1.97. The Morgan fingerprint density at radius 3 is 2.64 bits per heavy atom. The molecular formula is C10H8BBrO2. The molecule has 0 aliphatic carbocycles. The predicted octanol–water partition coefficient (Wildman–Crippen LogP) is 2.24. The molecule has 0 aliphatic rings. The van der Waals surface area contributed by atoms with Crippen molar-refractivity contribution in [2.24, 2.45) is 0 Å². The molecule has 0 aliphatic heterocycles. The van der Waals surface area contributed by atoms with Crippen LogP contribution in [0.1, 0.15) is 0 Å². The van der Waals surface area contributed by atoms with E-state index in [1.807, 2.05) is 36.4 Å². The van der Waals surface area contributed by atoms with E-state index in [-0.39, 0.29) is 7.69 Å². The molecule has 0 heterocycles. The van der Waals surface area contributed by atoms with Gasteiger partial charge in [-0.05, 0) is 35.0 Å². The SMILES string of the molecule is OBOc1ccc2ccc(Br)cc2c1. The molecule has 0 aromatic heterocycles. The van der Waals surface area contributed by atoms with Gasteiger partial charge in [0.25, 0.3) is 0 Å². The molecule has 0 saturated carbocycles. The summed E-state index contributed by atoms with van der Waals surface area (Å²) >= 11 is 3.41. The van der Waals surface area contributed by atoms with Crippen molar-refractivity contribution in [3.05, 3.63) is 40.9 Å². The van der Waals surface area contributed by atoms with Crippen molar-refractivity contribution in [1.82, 2.24) is 0 Å². The van der Waals surface area contributed by atoms with Crippen LogP contribution < -0.4 is 4.65 Å². The minimum atomic E-state index is -0.292. The van der Waals surface area contributed by atoms with Crippen LogP contribution in [0.15, 0.2) is 40.9 Å². The Labute approximate surface area is 90.9 Å². The third-order valence-electron chi connectivity index (χ3n) is 2.00. The number of hydrogen-bond donors (Lipinski definition) is 1. The fraction of sp³-hybridized carbons (Fsp3) is 0. The summed E-state index contributed by atoms with van der Waals surface area (Å²) < 4.78 is 6.03. The van der Waals surface area contributed by atoms with Crippen LogP contribution in [0.4, 0.5) is 0 Å². The second kappa shape index (κ2) is 4.03. The number of halogens is 1. The molecule has 0 saturated heterocycles. The third-order valence-corrected chi connectivity index (χ3v) is 2.50. The monoisotopic (exact) mass is 250 g/mol. The first kappa shape index (κ1) is 9.56. The summed E-state index contributed by atoms with van der Waals surface area (Å²) in [6.07, 6.45) is 0. The number of rotatable bonds is 2. The van der Waals surface area contributed by atoms with Crippen molar-refractivity contribution in [1.29, 1.82) is 0 Å². The van der Waals surface area contributed by atoms with Crippen molar-refractivity contribution in [2.75, 3.05) is 0 Å². The van der Waals surface area contributed by atoms with Crippen LogP contribution in [-0.4, -0.2) is 12.7 Å². The molecular weight excluding hydrogens is 243 g/mol. The molecule has 2 nitrogen and oxygen atoms in total. The lowest BCUT2D eigenvalue weighted by molar-refractivity contribution is 0.454. The van der Waals surface area contributed by atoms with Crippen LogP contribution in [0.3, 0.4) is 0 Å². The van der Waals surface area contributed by atoms with Gasteiger partial charge in [0, 0.05) is 4.47 Å². The van der Waals surface area contributed by atoms with Crippen LogP contribution in [0.2, 0.25) is 0 Å². The zero-order valence-corrected chi connectivity index (χ0v) is 8.99. The van der Waals surface area contributed by atoms with Crippen molar-refractivity contribution in [2.45, 2.75) is 0 Å². The molecule has 0 radical (unpaired) electrons. The first-order valence-corrected chi connectivity index (χ1v) is 5.02. The zero-order chi connectivity index (χ0) is 9.97. The normalized spacial score (nSPS) is 10.1. The second-order valence-electron chi connectivity index (χ2n) is 2.93. The molecule has 2 rings (SSSR count). The van der Waals surface area contributed by atoms with Crippen LogP contribution in [0, 0.1) is 0 Å². The average Bonchev–Trinajstić information content (AvgIpc) is 2.17. The van der Waals surface area contributed by atoms with Crippen molar-refractivity contribution in [3.8, 4) is 5.75 Å². The maximum atomic E-state index is 8.61. The van der Waals surface area contributed by atoms with Gasteiger partial charge < -0.3 is 9.68 Å². The van der Waals surface area contributed by atoms with Gasteiger partial charge in [-0.3, -0.25) is 0 Å². The highest BCUT2D eigenvalue weighted by Crippen LogP contribution is 2.23. The zero-order valence-electron chi connectivity index (χ0n) is 7.40. The first-order valence-electron chi connectivity index (χ1n) is 4.22. The van der Waals surface area contributed by atoms with Gasteiger partial charge in [0.15, 0.2) is 0 Å². The molecule has 4 heteroatoms. The summed E-state index contributed by atoms with van der Waals surface area (Å²) in [6, 6.07) is 11.7. The molecule has 0 spiro atoms. The Bertz CT molecular complexity index is 459. The highest BCUT2D eigenvalue weighted by atomic mass is 79.9. The lowest BCUT2D eigenvalue weighted by Crippen LogP contribution is -1.99. The molecule has 0 amide bonds. The Kier molecular flexibility index (Phi) is 2.75. The average molecular weight is 251 g/mol. The van der Waals surface area contributed by atoms with E-state index in [2.05, 4.69) is 15.9 Å². The summed E-state index contributed by atoms with van der Waals surface area (Å²) in [6.45, 7) is 0. The molecule has 2 aromatic carbocycles. The van der Waals surface area contributed by atoms with Gasteiger partial charge in [-0.25, -0.2) is 0 Å². The Morgan fingerprint density at radius 2 is 1.86 bits per heavy atom. The molecule has 0 fully saturated rings. The first-order chi connectivity index (χ1) is 6.79. The topological polar surface area (TPSA) is 29.5 Å². The summed E-state index contributed by atoms with van der Waals surface area (Å²) in [5.41, 5.74) is 0.